The standard InChI is InChI=1S/C9H14O2/c1-7(2)9(3)4-5-11-8(10)6-9/h1,4-6H2,2-3H3. The highest BCUT2D eigenvalue weighted by atomic mass is 16.5. The Morgan fingerprint density at radius 1 is 1.73 bits per heavy atom. The van der Waals surface area contributed by atoms with Crippen LogP contribution in [0.25, 0.3) is 0 Å². The van der Waals surface area contributed by atoms with Crippen molar-refractivity contribution in [3.8, 4) is 0 Å². The summed E-state index contributed by atoms with van der Waals surface area (Å²) in [6.45, 7) is 8.46. The molecule has 0 amide bonds. The fourth-order valence-corrected chi connectivity index (χ4v) is 1.21. The molecular formula is C9H14O2. The van der Waals surface area contributed by atoms with Crippen molar-refractivity contribution >= 4 is 5.97 Å². The van der Waals surface area contributed by atoms with Crippen molar-refractivity contribution in [1.82, 2.24) is 0 Å². The highest BCUT2D eigenvalue weighted by Gasteiger charge is 2.32. The van der Waals surface area contributed by atoms with Crippen molar-refractivity contribution in [3.05, 3.63) is 12.2 Å². The number of allylic oxidation sites excluding steroid dienone is 1. The Bertz CT molecular complexity index is 196. The Labute approximate surface area is 67.2 Å². The molecule has 62 valence electrons. The number of hydrogen-bond acceptors (Lipinski definition) is 2. The van der Waals surface area contributed by atoms with Gasteiger partial charge in [-0.1, -0.05) is 19.1 Å². The number of carbonyl (C=O) groups excluding carboxylic acids is 1. The van der Waals surface area contributed by atoms with E-state index in [4.69, 9.17) is 4.74 Å². The third kappa shape index (κ3) is 1.62. The fourth-order valence-electron chi connectivity index (χ4n) is 1.21. The van der Waals surface area contributed by atoms with Crippen LogP contribution >= 0.6 is 0 Å². The van der Waals surface area contributed by atoms with Gasteiger partial charge in [0.15, 0.2) is 0 Å². The van der Waals surface area contributed by atoms with E-state index in [1.807, 2.05) is 6.92 Å². The highest BCUT2D eigenvalue weighted by Crippen LogP contribution is 2.36. The molecule has 0 aromatic carbocycles. The van der Waals surface area contributed by atoms with E-state index in [0.717, 1.165) is 12.0 Å². The van der Waals surface area contributed by atoms with Gasteiger partial charge in [-0.2, -0.15) is 0 Å². The summed E-state index contributed by atoms with van der Waals surface area (Å²) in [6, 6.07) is 0. The van der Waals surface area contributed by atoms with Crippen LogP contribution in [-0.4, -0.2) is 12.6 Å². The van der Waals surface area contributed by atoms with Crippen molar-refractivity contribution in [2.24, 2.45) is 5.41 Å². The van der Waals surface area contributed by atoms with E-state index in [0.29, 0.717) is 13.0 Å². The van der Waals surface area contributed by atoms with Gasteiger partial charge in [-0.15, -0.1) is 0 Å². The first-order valence-electron chi connectivity index (χ1n) is 3.86. The summed E-state index contributed by atoms with van der Waals surface area (Å²) in [4.78, 5) is 10.9. The van der Waals surface area contributed by atoms with Crippen LogP contribution < -0.4 is 0 Å². The predicted molar refractivity (Wildman–Crippen MR) is 43.1 cm³/mol. The predicted octanol–water partition coefficient (Wildman–Crippen LogP) is 1.91. The lowest BCUT2D eigenvalue weighted by atomic mass is 9.77. The summed E-state index contributed by atoms with van der Waals surface area (Å²) in [6.07, 6.45) is 1.40. The molecule has 0 spiro atoms. The van der Waals surface area contributed by atoms with Gasteiger partial charge in [0.05, 0.1) is 13.0 Å². The quantitative estimate of drug-likeness (QED) is 0.426. The van der Waals surface area contributed by atoms with Crippen LogP contribution in [0.5, 0.6) is 0 Å². The molecule has 11 heavy (non-hydrogen) atoms. The van der Waals surface area contributed by atoms with E-state index in [2.05, 4.69) is 13.5 Å². The minimum atomic E-state index is -0.0956. The van der Waals surface area contributed by atoms with Crippen molar-refractivity contribution in [2.45, 2.75) is 26.7 Å². The van der Waals surface area contributed by atoms with Crippen LogP contribution in [0.1, 0.15) is 26.7 Å². The van der Waals surface area contributed by atoms with Gasteiger partial charge in [-0.3, -0.25) is 4.79 Å². The second-order valence-electron chi connectivity index (χ2n) is 3.49. The van der Waals surface area contributed by atoms with Crippen LogP contribution in [0.15, 0.2) is 12.2 Å². The van der Waals surface area contributed by atoms with E-state index >= 15 is 0 Å². The molecule has 0 saturated carbocycles. The lowest BCUT2D eigenvalue weighted by Crippen LogP contribution is -2.30. The SMILES string of the molecule is C=C(C)C1(C)CCOC(=O)C1. The molecule has 0 radical (unpaired) electrons. The molecule has 2 heteroatoms. The average molecular weight is 154 g/mol. The molecule has 0 aromatic heterocycles. The number of carbonyl (C=O) groups is 1. The topological polar surface area (TPSA) is 26.3 Å². The monoisotopic (exact) mass is 154 g/mol. The Kier molecular flexibility index (Phi) is 2.03. The van der Waals surface area contributed by atoms with E-state index in [1.165, 1.54) is 0 Å². The van der Waals surface area contributed by atoms with Crippen molar-refractivity contribution in [2.75, 3.05) is 6.61 Å². The van der Waals surface area contributed by atoms with E-state index < -0.39 is 0 Å². The van der Waals surface area contributed by atoms with Crippen molar-refractivity contribution < 1.29 is 9.53 Å². The second-order valence-corrected chi connectivity index (χ2v) is 3.49. The Morgan fingerprint density at radius 3 is 2.73 bits per heavy atom. The molecule has 1 unspecified atom stereocenters. The molecule has 1 aliphatic heterocycles. The Balaban J connectivity index is 2.70. The first kappa shape index (κ1) is 8.31. The number of hydrogen-bond donors (Lipinski definition) is 0. The molecule has 0 aliphatic carbocycles. The molecule has 1 heterocycles. The Morgan fingerprint density at radius 2 is 2.36 bits per heavy atom. The number of esters is 1. The Hall–Kier alpha value is -0.790. The van der Waals surface area contributed by atoms with Crippen LogP contribution in [-0.2, 0) is 9.53 Å². The highest BCUT2D eigenvalue weighted by molar-refractivity contribution is 5.71. The van der Waals surface area contributed by atoms with Gasteiger partial charge in [-0.05, 0) is 13.3 Å². The zero-order valence-corrected chi connectivity index (χ0v) is 7.14. The van der Waals surface area contributed by atoms with E-state index in [9.17, 15) is 4.79 Å². The lowest BCUT2D eigenvalue weighted by Gasteiger charge is -2.32. The van der Waals surface area contributed by atoms with E-state index in [1.54, 1.807) is 0 Å². The number of rotatable bonds is 1. The summed E-state index contributed by atoms with van der Waals surface area (Å²) in [5.74, 6) is -0.0956. The molecule has 1 rings (SSSR count). The molecular weight excluding hydrogens is 140 g/mol. The molecule has 0 N–H and O–H groups in total. The van der Waals surface area contributed by atoms with Gasteiger partial charge in [0, 0.05) is 5.41 Å². The van der Waals surface area contributed by atoms with Crippen LogP contribution in [0.3, 0.4) is 0 Å². The largest absolute Gasteiger partial charge is 0.466 e. The average Bonchev–Trinajstić information content (AvgIpc) is 1.86. The molecule has 1 fully saturated rings. The van der Waals surface area contributed by atoms with Crippen molar-refractivity contribution in [3.63, 3.8) is 0 Å². The first-order chi connectivity index (χ1) is 5.04. The molecule has 1 atom stereocenters. The summed E-state index contributed by atoms with van der Waals surface area (Å²) in [5.41, 5.74) is 1.06. The normalized spacial score (nSPS) is 31.3. The fraction of sp³-hybridized carbons (Fsp3) is 0.667. The number of ether oxygens (including phenoxy) is 1. The maximum atomic E-state index is 10.9. The van der Waals surface area contributed by atoms with Gasteiger partial charge in [0.25, 0.3) is 0 Å². The van der Waals surface area contributed by atoms with Gasteiger partial charge < -0.3 is 4.74 Å². The van der Waals surface area contributed by atoms with E-state index in [-0.39, 0.29) is 11.4 Å². The molecule has 1 aliphatic rings. The van der Waals surface area contributed by atoms with Crippen LogP contribution in [0.4, 0.5) is 0 Å². The summed E-state index contributed by atoms with van der Waals surface area (Å²) < 4.78 is 4.84. The van der Waals surface area contributed by atoms with Crippen LogP contribution in [0.2, 0.25) is 0 Å². The third-order valence-electron chi connectivity index (χ3n) is 2.48. The molecule has 0 aromatic rings. The van der Waals surface area contributed by atoms with Crippen molar-refractivity contribution in [1.29, 1.82) is 0 Å². The zero-order chi connectivity index (χ0) is 8.48. The minimum absolute atomic E-state index is 0.0185. The summed E-state index contributed by atoms with van der Waals surface area (Å²) in [5, 5.41) is 0. The molecule has 0 bridgehead atoms. The third-order valence-corrected chi connectivity index (χ3v) is 2.48. The minimum Gasteiger partial charge on any atom is -0.466 e. The maximum absolute atomic E-state index is 10.9. The summed E-state index contributed by atoms with van der Waals surface area (Å²) >= 11 is 0. The second kappa shape index (κ2) is 2.68. The molecule has 1 saturated heterocycles. The first-order valence-corrected chi connectivity index (χ1v) is 3.86. The maximum Gasteiger partial charge on any atom is 0.306 e. The van der Waals surface area contributed by atoms with Gasteiger partial charge in [0.2, 0.25) is 0 Å². The summed E-state index contributed by atoms with van der Waals surface area (Å²) in [7, 11) is 0. The lowest BCUT2D eigenvalue weighted by molar-refractivity contribution is -0.151. The number of cyclic esters (lactones) is 1. The van der Waals surface area contributed by atoms with Crippen LogP contribution in [0, 0.1) is 5.41 Å². The molecule has 2 nitrogen and oxygen atoms in total. The zero-order valence-electron chi connectivity index (χ0n) is 7.14. The van der Waals surface area contributed by atoms with Gasteiger partial charge >= 0.3 is 5.97 Å². The smallest absolute Gasteiger partial charge is 0.306 e. The van der Waals surface area contributed by atoms with Gasteiger partial charge in [-0.25, -0.2) is 0 Å². The van der Waals surface area contributed by atoms with Gasteiger partial charge in [0.1, 0.15) is 0 Å².